The van der Waals surface area contributed by atoms with E-state index in [0.29, 0.717) is 0 Å². The fourth-order valence-corrected chi connectivity index (χ4v) is 0. The molecule has 2 nitrogen and oxygen atoms in total. The summed E-state index contributed by atoms with van der Waals surface area (Å²) in [5.74, 6) is 5.12. The summed E-state index contributed by atoms with van der Waals surface area (Å²) >= 11 is 0. The Kier molecular flexibility index (Phi) is 2.14. The highest BCUT2D eigenvalue weighted by molar-refractivity contribution is 4.30. The average Bonchev–Trinajstić information content (AvgIpc) is 1.38. The summed E-state index contributed by atoms with van der Waals surface area (Å²) < 4.78 is 0. The monoisotopic (exact) mass is 74.1 g/mol. The van der Waals surface area contributed by atoms with E-state index >= 15 is 0 Å². The minimum atomic E-state index is 0.917. The zero-order valence-corrected chi connectivity index (χ0v) is 3.73. The minimum Gasteiger partial charge on any atom is -0.131 e. The van der Waals surface area contributed by atoms with Gasteiger partial charge in [-0.25, -0.2) is 0 Å². The van der Waals surface area contributed by atoms with Crippen molar-refractivity contribution < 1.29 is 0 Å². The maximum Gasteiger partial charge on any atom is 0.141 e. The van der Waals surface area contributed by atoms with Gasteiger partial charge in [-0.1, -0.05) is 5.01 Å². The molecule has 0 unspecified atom stereocenters. The Balaban J connectivity index is 2.54. The predicted octanol–water partition coefficient (Wildman–Crippen LogP) is -0.350. The zero-order valence-electron chi connectivity index (χ0n) is 3.73. The van der Waals surface area contributed by atoms with Gasteiger partial charge < -0.3 is 0 Å². The summed E-state index contributed by atoms with van der Waals surface area (Å²) in [6.45, 7) is 2.92. The summed E-state index contributed by atoms with van der Waals surface area (Å²) in [5, 5.41) is 1.62. The third kappa shape index (κ3) is 3.92. The molecule has 31 valence electrons. The summed E-state index contributed by atoms with van der Waals surface area (Å²) in [5.41, 5.74) is 0. The third-order valence-corrected chi connectivity index (χ3v) is 0.499. The van der Waals surface area contributed by atoms with E-state index in [1.54, 1.807) is 5.01 Å². The van der Waals surface area contributed by atoms with Crippen molar-refractivity contribution in [1.29, 1.82) is 0 Å². The van der Waals surface area contributed by atoms with Crippen molar-refractivity contribution in [3.05, 3.63) is 0 Å². The molecule has 0 aliphatic carbocycles. The quantitative estimate of drug-likeness (QED) is 0.257. The highest BCUT2D eigenvalue weighted by Crippen LogP contribution is 1.51. The summed E-state index contributed by atoms with van der Waals surface area (Å²) in [7, 11) is 1.83. The highest BCUT2D eigenvalue weighted by atomic mass is 15.4. The molecule has 0 aliphatic rings. The van der Waals surface area contributed by atoms with Crippen LogP contribution in [0.2, 0.25) is 0 Å². The number of hydrogen-bond acceptors (Lipinski definition) is 2. The van der Waals surface area contributed by atoms with Crippen LogP contribution in [-0.2, 0) is 0 Å². The molecule has 0 spiro atoms. The van der Waals surface area contributed by atoms with Crippen LogP contribution in [0.4, 0.5) is 0 Å². The van der Waals surface area contributed by atoms with Gasteiger partial charge in [0.05, 0.1) is 0 Å². The van der Waals surface area contributed by atoms with Gasteiger partial charge in [0.2, 0.25) is 0 Å². The summed E-state index contributed by atoms with van der Waals surface area (Å²) in [6.07, 6.45) is 0. The van der Waals surface area contributed by atoms with Crippen molar-refractivity contribution in [2.75, 3.05) is 13.6 Å². The molecule has 0 rings (SSSR count). The van der Waals surface area contributed by atoms with Crippen LogP contribution in [0, 0.1) is 0 Å². The molecule has 0 bridgehead atoms. The van der Waals surface area contributed by atoms with Gasteiger partial charge in [0.15, 0.2) is 0 Å². The largest absolute Gasteiger partial charge is 0.141 e. The average molecular weight is 74.1 g/mol. The van der Waals surface area contributed by atoms with Crippen LogP contribution in [0.3, 0.4) is 0 Å². The molecule has 5 heavy (non-hydrogen) atoms. The molecule has 0 aromatic heterocycles. The van der Waals surface area contributed by atoms with Crippen molar-refractivity contribution in [1.82, 2.24) is 5.01 Å². The Morgan fingerprint density at radius 3 is 2.00 bits per heavy atom. The SMILES string of the molecule is CC[N+](C)N. The molecule has 0 aromatic carbocycles. The van der Waals surface area contributed by atoms with Crippen LogP contribution in [0.5, 0.6) is 0 Å². The van der Waals surface area contributed by atoms with Crippen molar-refractivity contribution in [2.24, 2.45) is 5.84 Å². The van der Waals surface area contributed by atoms with Crippen molar-refractivity contribution in [3.8, 4) is 0 Å². The molecular formula is C3H10N2+. The smallest absolute Gasteiger partial charge is 0.131 e. The second-order valence-electron chi connectivity index (χ2n) is 1.07. The maximum absolute atomic E-state index is 5.12. The normalized spacial score (nSPS) is 9.60. The second-order valence-corrected chi connectivity index (χ2v) is 1.07. The van der Waals surface area contributed by atoms with E-state index in [9.17, 15) is 0 Å². The van der Waals surface area contributed by atoms with Crippen LogP contribution in [0.25, 0.3) is 0 Å². The van der Waals surface area contributed by atoms with Crippen LogP contribution in [0.15, 0.2) is 0 Å². The lowest BCUT2D eigenvalue weighted by atomic mass is 10.8. The van der Waals surface area contributed by atoms with Crippen molar-refractivity contribution in [3.63, 3.8) is 0 Å². The molecule has 0 atom stereocenters. The molecule has 2 N–H and O–H groups in total. The summed E-state index contributed by atoms with van der Waals surface area (Å²) in [4.78, 5) is 0. The van der Waals surface area contributed by atoms with Crippen molar-refractivity contribution in [2.45, 2.75) is 6.92 Å². The lowest BCUT2D eigenvalue weighted by molar-refractivity contribution is 0.528. The fraction of sp³-hybridized carbons (Fsp3) is 1.00. The Morgan fingerprint density at radius 2 is 2.00 bits per heavy atom. The molecule has 0 aliphatic heterocycles. The van der Waals surface area contributed by atoms with Gasteiger partial charge >= 0.3 is 0 Å². The summed E-state index contributed by atoms with van der Waals surface area (Å²) in [6, 6.07) is 0. The Hall–Kier alpha value is -0.0800. The van der Waals surface area contributed by atoms with Gasteiger partial charge in [-0.3, -0.25) is 0 Å². The molecule has 2 heteroatoms. The first kappa shape index (κ1) is 4.92. The van der Waals surface area contributed by atoms with Gasteiger partial charge in [0.1, 0.15) is 13.6 Å². The number of hydrazine groups is 1. The lowest BCUT2D eigenvalue weighted by Gasteiger charge is -1.86. The molecule has 1 radical (unpaired) electrons. The van der Waals surface area contributed by atoms with Gasteiger partial charge in [0.25, 0.3) is 0 Å². The predicted molar refractivity (Wildman–Crippen MR) is 22.8 cm³/mol. The van der Waals surface area contributed by atoms with Crippen LogP contribution in [-0.4, -0.2) is 13.6 Å². The first-order valence-corrected chi connectivity index (χ1v) is 1.73. The Bertz CT molecular complexity index is 18.9. The lowest BCUT2D eigenvalue weighted by Crippen LogP contribution is -2.31. The fourth-order valence-electron chi connectivity index (χ4n) is 0. The molecule has 0 saturated heterocycles. The first-order chi connectivity index (χ1) is 2.27. The van der Waals surface area contributed by atoms with E-state index in [0.717, 1.165) is 6.54 Å². The number of nitrogens with two attached hydrogens (primary N) is 1. The number of nitrogens with zero attached hydrogens (tertiary/aromatic N) is 1. The van der Waals surface area contributed by atoms with Gasteiger partial charge in [-0.15, -0.1) is 5.84 Å². The van der Waals surface area contributed by atoms with Crippen LogP contribution >= 0.6 is 0 Å². The minimum absolute atomic E-state index is 0.917. The van der Waals surface area contributed by atoms with E-state index in [2.05, 4.69) is 0 Å². The Labute approximate surface area is 32.5 Å². The maximum atomic E-state index is 5.12. The number of rotatable bonds is 1. The van der Waals surface area contributed by atoms with Crippen LogP contribution < -0.4 is 10.9 Å². The first-order valence-electron chi connectivity index (χ1n) is 1.73. The molecular weight excluding hydrogens is 64.0 g/mol. The highest BCUT2D eigenvalue weighted by Gasteiger charge is 1.85. The molecule has 0 saturated carbocycles. The van der Waals surface area contributed by atoms with Gasteiger partial charge in [-0.2, -0.15) is 0 Å². The van der Waals surface area contributed by atoms with Gasteiger partial charge in [0, 0.05) is 0 Å². The zero-order chi connectivity index (χ0) is 4.28. The van der Waals surface area contributed by atoms with Gasteiger partial charge in [-0.05, 0) is 6.92 Å². The van der Waals surface area contributed by atoms with E-state index in [1.165, 1.54) is 0 Å². The van der Waals surface area contributed by atoms with Crippen molar-refractivity contribution >= 4 is 0 Å². The van der Waals surface area contributed by atoms with E-state index in [4.69, 9.17) is 5.84 Å². The topological polar surface area (TPSA) is 31.9 Å². The third-order valence-electron chi connectivity index (χ3n) is 0.499. The van der Waals surface area contributed by atoms with Crippen LogP contribution in [0.1, 0.15) is 6.92 Å². The Morgan fingerprint density at radius 1 is 1.80 bits per heavy atom. The molecule has 0 amide bonds. The molecule has 0 fully saturated rings. The standard InChI is InChI=1S/C3H10N2/c1-3-5(2)4/h3-4H2,1-2H3/q+1. The number of hydrogen-bond donors (Lipinski definition) is 1. The molecule has 0 aromatic rings. The molecule has 0 heterocycles. The van der Waals surface area contributed by atoms with E-state index in [-0.39, 0.29) is 0 Å². The van der Waals surface area contributed by atoms with E-state index < -0.39 is 0 Å². The second kappa shape index (κ2) is 2.18. The van der Waals surface area contributed by atoms with E-state index in [1.807, 2.05) is 14.0 Å².